The van der Waals surface area contributed by atoms with Crippen LogP contribution in [0.25, 0.3) is 6.08 Å². The van der Waals surface area contributed by atoms with E-state index in [-0.39, 0.29) is 10.9 Å². The van der Waals surface area contributed by atoms with E-state index in [1.807, 2.05) is 13.0 Å². The summed E-state index contributed by atoms with van der Waals surface area (Å²) in [7, 11) is -2.17. The van der Waals surface area contributed by atoms with Crippen LogP contribution in [0.2, 0.25) is 0 Å². The van der Waals surface area contributed by atoms with Gasteiger partial charge in [0.1, 0.15) is 5.75 Å². The van der Waals surface area contributed by atoms with Crippen molar-refractivity contribution in [2.24, 2.45) is 0 Å². The first-order valence-corrected chi connectivity index (χ1v) is 10.5. The predicted octanol–water partition coefficient (Wildman–Crippen LogP) is 4.41. The van der Waals surface area contributed by atoms with Gasteiger partial charge in [0.05, 0.1) is 18.6 Å². The maximum atomic E-state index is 12.5. The molecule has 0 fully saturated rings. The van der Waals surface area contributed by atoms with Crippen LogP contribution in [0.5, 0.6) is 5.75 Å². The molecule has 0 bridgehead atoms. The molecule has 0 aromatic heterocycles. The number of esters is 1. The Morgan fingerprint density at radius 2 is 1.66 bits per heavy atom. The molecule has 1 N–H and O–H groups in total. The molecule has 0 unspecified atom stereocenters. The third kappa shape index (κ3) is 6.50. The Morgan fingerprint density at radius 1 is 1.03 bits per heavy atom. The maximum absolute atomic E-state index is 12.5. The first-order valence-electron chi connectivity index (χ1n) is 9.06. The summed E-state index contributed by atoms with van der Waals surface area (Å²) in [6.45, 7) is 5.67. The lowest BCUT2D eigenvalue weighted by molar-refractivity contribution is -0.138. The molecule has 0 saturated carbocycles. The molecule has 0 aliphatic rings. The van der Waals surface area contributed by atoms with Gasteiger partial charge >= 0.3 is 5.97 Å². The van der Waals surface area contributed by atoms with Crippen LogP contribution in [0.3, 0.4) is 0 Å². The molecule has 0 saturated heterocycles. The van der Waals surface area contributed by atoms with E-state index in [0.29, 0.717) is 23.6 Å². The molecule has 7 heteroatoms. The summed E-state index contributed by atoms with van der Waals surface area (Å²) in [6.07, 6.45) is 3.64. The topological polar surface area (TPSA) is 81.7 Å². The number of hydrogen-bond acceptors (Lipinski definition) is 5. The molecule has 6 nitrogen and oxygen atoms in total. The average Bonchev–Trinajstić information content (AvgIpc) is 2.69. The Morgan fingerprint density at radius 3 is 2.21 bits per heavy atom. The highest BCUT2D eigenvalue weighted by molar-refractivity contribution is 7.92. The van der Waals surface area contributed by atoms with Crippen molar-refractivity contribution in [3.05, 3.63) is 71.3 Å². The van der Waals surface area contributed by atoms with Gasteiger partial charge in [0.15, 0.2) is 0 Å². The van der Waals surface area contributed by atoms with Gasteiger partial charge in [-0.15, -0.1) is 0 Å². The van der Waals surface area contributed by atoms with Crippen LogP contribution in [0.15, 0.2) is 70.6 Å². The smallest absolute Gasteiger partial charge is 0.333 e. The lowest BCUT2D eigenvalue weighted by Gasteiger charge is -2.09. The van der Waals surface area contributed by atoms with Gasteiger partial charge in [-0.3, -0.25) is 4.72 Å². The predicted molar refractivity (Wildman–Crippen MR) is 114 cm³/mol. The quantitative estimate of drug-likeness (QED) is 0.392. The second-order valence-corrected chi connectivity index (χ2v) is 8.02. The first-order chi connectivity index (χ1) is 13.7. The number of benzene rings is 2. The Labute approximate surface area is 171 Å². The highest BCUT2D eigenvalue weighted by Crippen LogP contribution is 2.20. The van der Waals surface area contributed by atoms with Crippen molar-refractivity contribution in [2.75, 3.05) is 18.4 Å². The van der Waals surface area contributed by atoms with E-state index >= 15 is 0 Å². The minimum absolute atomic E-state index is 0.151. The van der Waals surface area contributed by atoms with Crippen molar-refractivity contribution in [1.82, 2.24) is 0 Å². The molecule has 0 aliphatic heterocycles. The minimum Gasteiger partial charge on any atom is -0.497 e. The summed E-state index contributed by atoms with van der Waals surface area (Å²) in [5.74, 6) is 0.242. The van der Waals surface area contributed by atoms with E-state index in [0.717, 1.165) is 11.1 Å². The molecule has 0 radical (unpaired) electrons. The molecule has 2 aromatic carbocycles. The molecule has 29 heavy (non-hydrogen) atoms. The molecule has 2 aromatic rings. The van der Waals surface area contributed by atoms with Crippen LogP contribution in [-0.2, 0) is 19.6 Å². The maximum Gasteiger partial charge on any atom is 0.333 e. The largest absolute Gasteiger partial charge is 0.497 e. The second kappa shape index (κ2) is 9.93. The number of carbonyl (C=O) groups is 1. The van der Waals surface area contributed by atoms with E-state index in [4.69, 9.17) is 9.47 Å². The van der Waals surface area contributed by atoms with Gasteiger partial charge in [-0.1, -0.05) is 23.8 Å². The van der Waals surface area contributed by atoms with Gasteiger partial charge in [-0.25, -0.2) is 13.2 Å². The molecular formula is C22H25NO5S. The first kappa shape index (κ1) is 22.2. The number of sulfonamides is 1. The van der Waals surface area contributed by atoms with Crippen LogP contribution in [-0.4, -0.2) is 28.1 Å². The highest BCUT2D eigenvalue weighted by Gasteiger charge is 2.14. The molecule has 0 spiro atoms. The molecule has 154 valence electrons. The summed E-state index contributed by atoms with van der Waals surface area (Å²) in [5.41, 5.74) is 2.73. The van der Waals surface area contributed by atoms with Gasteiger partial charge in [0.25, 0.3) is 10.0 Å². The Hall–Kier alpha value is -3.06. The summed E-state index contributed by atoms with van der Waals surface area (Å²) >= 11 is 0. The SMILES string of the molecule is CCOC(=O)C(C)=CC(C)=Cc1ccc(NS(=O)(=O)c2ccc(OC)cc2)cc1. The van der Waals surface area contributed by atoms with Crippen LogP contribution >= 0.6 is 0 Å². The van der Waals surface area contributed by atoms with Crippen LogP contribution < -0.4 is 9.46 Å². The second-order valence-electron chi connectivity index (χ2n) is 6.34. The van der Waals surface area contributed by atoms with Crippen LogP contribution in [0, 0.1) is 0 Å². The molecule has 0 heterocycles. The van der Waals surface area contributed by atoms with Crippen LogP contribution in [0.1, 0.15) is 26.3 Å². The highest BCUT2D eigenvalue weighted by atomic mass is 32.2. The van der Waals surface area contributed by atoms with E-state index < -0.39 is 10.0 Å². The van der Waals surface area contributed by atoms with Crippen molar-refractivity contribution in [2.45, 2.75) is 25.7 Å². The average molecular weight is 416 g/mol. The summed E-state index contributed by atoms with van der Waals surface area (Å²) in [6, 6.07) is 13.1. The molecule has 0 atom stereocenters. The van der Waals surface area contributed by atoms with Crippen molar-refractivity contribution in [3.63, 3.8) is 0 Å². The Kier molecular flexibility index (Phi) is 7.61. The van der Waals surface area contributed by atoms with E-state index in [1.165, 1.54) is 19.2 Å². The van der Waals surface area contributed by atoms with Crippen molar-refractivity contribution >= 4 is 27.8 Å². The summed E-state index contributed by atoms with van der Waals surface area (Å²) in [5, 5.41) is 0. The normalized spacial score (nSPS) is 12.4. The monoisotopic (exact) mass is 415 g/mol. The fraction of sp³-hybridized carbons (Fsp3) is 0.227. The number of methoxy groups -OCH3 is 1. The van der Waals surface area contributed by atoms with E-state index in [1.54, 1.807) is 56.3 Å². The third-order valence-electron chi connectivity index (χ3n) is 3.97. The lowest BCUT2D eigenvalue weighted by Crippen LogP contribution is -2.12. The number of carbonyl (C=O) groups excluding carboxylic acids is 1. The van der Waals surface area contributed by atoms with Crippen molar-refractivity contribution in [3.8, 4) is 5.75 Å². The third-order valence-corrected chi connectivity index (χ3v) is 5.37. The summed E-state index contributed by atoms with van der Waals surface area (Å²) < 4.78 is 37.5. The number of allylic oxidation sites excluding steroid dienone is 2. The van der Waals surface area contributed by atoms with Crippen LogP contribution in [0.4, 0.5) is 5.69 Å². The zero-order valence-corrected chi connectivity index (χ0v) is 17.7. The van der Waals surface area contributed by atoms with E-state index in [9.17, 15) is 13.2 Å². The van der Waals surface area contributed by atoms with Gasteiger partial charge < -0.3 is 9.47 Å². The zero-order chi connectivity index (χ0) is 21.4. The number of hydrogen-bond donors (Lipinski definition) is 1. The fourth-order valence-electron chi connectivity index (χ4n) is 2.57. The Bertz CT molecular complexity index is 1000. The number of nitrogens with one attached hydrogen (secondary N) is 1. The fourth-order valence-corrected chi connectivity index (χ4v) is 3.62. The number of anilines is 1. The molecule has 2 rings (SSSR count). The van der Waals surface area contributed by atoms with Gasteiger partial charge in [0, 0.05) is 11.3 Å². The van der Waals surface area contributed by atoms with E-state index in [2.05, 4.69) is 4.72 Å². The minimum atomic E-state index is -3.69. The van der Waals surface area contributed by atoms with Crippen molar-refractivity contribution in [1.29, 1.82) is 0 Å². The molecule has 0 aliphatic carbocycles. The van der Waals surface area contributed by atoms with Crippen molar-refractivity contribution < 1.29 is 22.7 Å². The number of rotatable bonds is 8. The van der Waals surface area contributed by atoms with Gasteiger partial charge in [-0.05, 0) is 68.8 Å². The number of ether oxygens (including phenoxy) is 2. The van der Waals surface area contributed by atoms with Gasteiger partial charge in [0.2, 0.25) is 0 Å². The molecule has 0 amide bonds. The zero-order valence-electron chi connectivity index (χ0n) is 16.9. The molecular weight excluding hydrogens is 390 g/mol. The Balaban J connectivity index is 2.11. The lowest BCUT2D eigenvalue weighted by atomic mass is 10.1. The standard InChI is InChI=1S/C22H25NO5S/c1-5-28-22(24)17(3)14-16(2)15-18-6-8-19(9-7-18)23-29(25,26)21-12-10-20(27-4)11-13-21/h6-15,23H,5H2,1-4H3. The summed E-state index contributed by atoms with van der Waals surface area (Å²) in [4.78, 5) is 11.8. The van der Waals surface area contributed by atoms with Gasteiger partial charge in [-0.2, -0.15) is 0 Å².